The molecule has 0 radical (unpaired) electrons. The lowest BCUT2D eigenvalue weighted by atomic mass is 9.99. The number of hydrogen-bond donors (Lipinski definition) is 1. The zero-order valence-corrected chi connectivity index (χ0v) is 13.7. The van der Waals surface area contributed by atoms with Crippen molar-refractivity contribution in [2.75, 3.05) is 39.3 Å². The highest BCUT2D eigenvalue weighted by Gasteiger charge is 2.43. The lowest BCUT2D eigenvalue weighted by Gasteiger charge is -2.38. The Morgan fingerprint density at radius 1 is 0.957 bits per heavy atom. The number of hydrogen-bond acceptors (Lipinski definition) is 4. The molecule has 2 amide bonds. The third kappa shape index (κ3) is 2.87. The van der Waals surface area contributed by atoms with E-state index < -0.39 is 0 Å². The Bertz CT molecular complexity index is 466. The minimum atomic E-state index is -0.314. The topological polar surface area (TPSA) is 61.9 Å². The lowest BCUT2D eigenvalue weighted by Crippen LogP contribution is -2.55. The lowest BCUT2D eigenvalue weighted by molar-refractivity contribution is -0.153. The van der Waals surface area contributed by atoms with Gasteiger partial charge in [-0.2, -0.15) is 0 Å². The minimum absolute atomic E-state index is 0.0432. The summed E-state index contributed by atoms with van der Waals surface area (Å²) >= 11 is 0. The molecule has 4 rings (SSSR count). The van der Waals surface area contributed by atoms with Crippen molar-refractivity contribution in [1.29, 1.82) is 0 Å². The van der Waals surface area contributed by atoms with Crippen LogP contribution in [0.5, 0.6) is 0 Å². The molecule has 4 heterocycles. The minimum Gasteiger partial charge on any atom is -0.368 e. The zero-order valence-electron chi connectivity index (χ0n) is 13.7. The van der Waals surface area contributed by atoms with Crippen LogP contribution in [0, 0.1) is 11.8 Å². The van der Waals surface area contributed by atoms with Gasteiger partial charge in [-0.05, 0) is 43.9 Å². The van der Waals surface area contributed by atoms with E-state index in [4.69, 9.17) is 4.74 Å². The SMILES string of the molecule is O=C([C@H]1CCCCN1C(=O)[C@@H]1CCCO1)N1C[C@H]2CNC[C@H]2C1. The number of likely N-dealkylation sites (tertiary alicyclic amines) is 2. The Morgan fingerprint density at radius 2 is 1.74 bits per heavy atom. The standard InChI is InChI=1S/C17H27N3O3/c21-16(19-10-12-8-18-9-13(12)11-19)14-4-1-2-6-20(14)17(22)15-5-3-7-23-15/h12-15,18H,1-11H2/t12-,13+,14-,15+/m1/s1. The Kier molecular flexibility index (Phi) is 4.28. The molecule has 4 atom stereocenters. The third-order valence-electron chi connectivity index (χ3n) is 5.98. The van der Waals surface area contributed by atoms with Crippen molar-refractivity contribution in [3.05, 3.63) is 0 Å². The first-order valence-electron chi connectivity index (χ1n) is 9.15. The number of carbonyl (C=O) groups is 2. The molecule has 23 heavy (non-hydrogen) atoms. The number of nitrogens with one attached hydrogen (secondary N) is 1. The molecule has 4 fully saturated rings. The summed E-state index contributed by atoms with van der Waals surface area (Å²) in [5.74, 6) is 1.42. The van der Waals surface area contributed by atoms with Crippen molar-refractivity contribution in [1.82, 2.24) is 15.1 Å². The van der Waals surface area contributed by atoms with Crippen LogP contribution in [0.2, 0.25) is 0 Å². The summed E-state index contributed by atoms with van der Waals surface area (Å²) in [5, 5.41) is 3.41. The maximum absolute atomic E-state index is 13.0. The smallest absolute Gasteiger partial charge is 0.252 e. The second kappa shape index (κ2) is 6.40. The zero-order chi connectivity index (χ0) is 15.8. The molecule has 0 saturated carbocycles. The molecule has 4 saturated heterocycles. The number of nitrogens with zero attached hydrogens (tertiary/aromatic N) is 2. The van der Waals surface area contributed by atoms with Crippen molar-refractivity contribution in [2.45, 2.75) is 44.2 Å². The molecule has 0 aromatic heterocycles. The van der Waals surface area contributed by atoms with Crippen LogP contribution in [0.15, 0.2) is 0 Å². The second-order valence-electron chi connectivity index (χ2n) is 7.47. The van der Waals surface area contributed by atoms with Gasteiger partial charge in [0.05, 0.1) is 0 Å². The summed E-state index contributed by atoms with van der Waals surface area (Å²) in [7, 11) is 0. The fourth-order valence-corrected chi connectivity index (χ4v) is 4.66. The Hall–Kier alpha value is -1.14. The van der Waals surface area contributed by atoms with Gasteiger partial charge in [0.15, 0.2) is 0 Å². The van der Waals surface area contributed by atoms with E-state index in [-0.39, 0.29) is 24.0 Å². The predicted molar refractivity (Wildman–Crippen MR) is 84.8 cm³/mol. The fraction of sp³-hybridized carbons (Fsp3) is 0.882. The summed E-state index contributed by atoms with van der Waals surface area (Å²) in [6.07, 6.45) is 4.28. The molecule has 0 aliphatic carbocycles. The molecule has 0 spiro atoms. The highest BCUT2D eigenvalue weighted by atomic mass is 16.5. The average Bonchev–Trinajstić information content (AvgIpc) is 3.29. The van der Waals surface area contributed by atoms with Gasteiger partial charge in [-0.15, -0.1) is 0 Å². The first-order chi connectivity index (χ1) is 11.2. The van der Waals surface area contributed by atoms with Gasteiger partial charge in [0.25, 0.3) is 5.91 Å². The molecule has 1 N–H and O–H groups in total. The van der Waals surface area contributed by atoms with E-state index in [0.29, 0.717) is 25.0 Å². The van der Waals surface area contributed by atoms with Gasteiger partial charge in [0, 0.05) is 39.3 Å². The van der Waals surface area contributed by atoms with E-state index in [1.165, 1.54) is 0 Å². The van der Waals surface area contributed by atoms with Crippen molar-refractivity contribution in [2.24, 2.45) is 11.8 Å². The first-order valence-corrected chi connectivity index (χ1v) is 9.15. The number of amides is 2. The van der Waals surface area contributed by atoms with E-state index in [9.17, 15) is 9.59 Å². The van der Waals surface area contributed by atoms with Crippen LogP contribution in [0.4, 0.5) is 0 Å². The van der Waals surface area contributed by atoms with Crippen molar-refractivity contribution in [3.63, 3.8) is 0 Å². The highest BCUT2D eigenvalue weighted by Crippen LogP contribution is 2.29. The van der Waals surface area contributed by atoms with Gasteiger partial charge in [-0.1, -0.05) is 0 Å². The number of carbonyl (C=O) groups excluding carboxylic acids is 2. The molecule has 128 valence electrons. The second-order valence-corrected chi connectivity index (χ2v) is 7.47. The van der Waals surface area contributed by atoms with Crippen molar-refractivity contribution in [3.8, 4) is 0 Å². The van der Waals surface area contributed by atoms with Gasteiger partial charge in [-0.25, -0.2) is 0 Å². The van der Waals surface area contributed by atoms with E-state index in [2.05, 4.69) is 5.32 Å². The normalized spacial score (nSPS) is 37.2. The van der Waals surface area contributed by atoms with Gasteiger partial charge >= 0.3 is 0 Å². The molecule has 0 aromatic rings. The van der Waals surface area contributed by atoms with E-state index in [1.807, 2.05) is 9.80 Å². The molecule has 0 aromatic carbocycles. The Morgan fingerprint density at radius 3 is 2.43 bits per heavy atom. The van der Waals surface area contributed by atoms with Gasteiger partial charge in [0.2, 0.25) is 5.91 Å². The Balaban J connectivity index is 1.44. The van der Waals surface area contributed by atoms with Crippen molar-refractivity contribution >= 4 is 11.8 Å². The molecule has 4 aliphatic heterocycles. The highest BCUT2D eigenvalue weighted by molar-refractivity contribution is 5.90. The van der Waals surface area contributed by atoms with Gasteiger partial charge in [-0.3, -0.25) is 9.59 Å². The molecule has 6 nitrogen and oxygen atoms in total. The number of piperidine rings is 1. The summed E-state index contributed by atoms with van der Waals surface area (Å²) in [6, 6.07) is -0.257. The summed E-state index contributed by atoms with van der Waals surface area (Å²) in [5.41, 5.74) is 0. The Labute approximate surface area is 137 Å². The van der Waals surface area contributed by atoms with Crippen LogP contribution < -0.4 is 5.32 Å². The van der Waals surface area contributed by atoms with Crippen LogP contribution in [-0.2, 0) is 14.3 Å². The number of ether oxygens (including phenoxy) is 1. The van der Waals surface area contributed by atoms with Gasteiger partial charge < -0.3 is 19.9 Å². The van der Waals surface area contributed by atoms with Crippen LogP contribution in [0.25, 0.3) is 0 Å². The predicted octanol–water partition coefficient (Wildman–Crippen LogP) is 0.224. The largest absolute Gasteiger partial charge is 0.368 e. The quantitative estimate of drug-likeness (QED) is 0.791. The summed E-state index contributed by atoms with van der Waals surface area (Å²) in [6.45, 7) is 5.14. The van der Waals surface area contributed by atoms with Crippen LogP contribution in [0.1, 0.15) is 32.1 Å². The molecule has 4 aliphatic rings. The van der Waals surface area contributed by atoms with Gasteiger partial charge in [0.1, 0.15) is 12.1 Å². The van der Waals surface area contributed by atoms with Crippen molar-refractivity contribution < 1.29 is 14.3 Å². The van der Waals surface area contributed by atoms with E-state index >= 15 is 0 Å². The monoisotopic (exact) mass is 321 g/mol. The van der Waals surface area contributed by atoms with Crippen LogP contribution in [0.3, 0.4) is 0 Å². The maximum atomic E-state index is 13.0. The third-order valence-corrected chi connectivity index (χ3v) is 5.98. The summed E-state index contributed by atoms with van der Waals surface area (Å²) < 4.78 is 5.56. The first kappa shape index (κ1) is 15.4. The maximum Gasteiger partial charge on any atom is 0.252 e. The molecular weight excluding hydrogens is 294 g/mol. The van der Waals surface area contributed by atoms with Crippen LogP contribution >= 0.6 is 0 Å². The molecule has 0 bridgehead atoms. The summed E-state index contributed by atoms with van der Waals surface area (Å²) in [4.78, 5) is 29.6. The molecule has 6 heteroatoms. The van der Waals surface area contributed by atoms with E-state index in [0.717, 1.165) is 58.3 Å². The van der Waals surface area contributed by atoms with E-state index in [1.54, 1.807) is 0 Å². The fourth-order valence-electron chi connectivity index (χ4n) is 4.66. The number of fused-ring (bicyclic) bond motifs is 1. The average molecular weight is 321 g/mol. The molecule has 0 unspecified atom stereocenters. The molecular formula is C17H27N3O3. The number of rotatable bonds is 2. The van der Waals surface area contributed by atoms with Crippen LogP contribution in [-0.4, -0.2) is 73.1 Å².